The van der Waals surface area contributed by atoms with Crippen molar-refractivity contribution in [2.75, 3.05) is 5.32 Å². The molecule has 3 rings (SSSR count). The first-order valence-corrected chi connectivity index (χ1v) is 8.69. The number of nitrogens with zero attached hydrogens (tertiary/aromatic N) is 2. The number of anilines is 1. The van der Waals surface area contributed by atoms with Gasteiger partial charge >= 0.3 is 5.69 Å². The molecule has 1 amide bonds. The third-order valence-corrected chi connectivity index (χ3v) is 5.14. The van der Waals surface area contributed by atoms with E-state index >= 15 is 0 Å². The molecule has 6 nitrogen and oxygen atoms in total. The summed E-state index contributed by atoms with van der Waals surface area (Å²) in [5.41, 5.74) is 0.145. The van der Waals surface area contributed by atoms with Crippen molar-refractivity contribution in [3.63, 3.8) is 0 Å². The summed E-state index contributed by atoms with van der Waals surface area (Å²) in [6, 6.07) is 5.20. The Bertz CT molecular complexity index is 780. The molecular formula is C14H14Cl2N4O2S. The van der Waals surface area contributed by atoms with Gasteiger partial charge in [0.25, 0.3) is 0 Å². The van der Waals surface area contributed by atoms with Gasteiger partial charge in [-0.2, -0.15) is 0 Å². The van der Waals surface area contributed by atoms with Crippen LogP contribution >= 0.6 is 35.0 Å². The molecule has 0 radical (unpaired) electrons. The Morgan fingerprint density at radius 1 is 1.43 bits per heavy atom. The molecule has 0 spiro atoms. The average Bonchev–Trinajstić information content (AvgIpc) is 3.27. The van der Waals surface area contributed by atoms with Gasteiger partial charge in [-0.25, -0.2) is 9.89 Å². The number of nitrogens with one attached hydrogen (secondary N) is 2. The van der Waals surface area contributed by atoms with Crippen LogP contribution in [0.25, 0.3) is 0 Å². The molecule has 1 fully saturated rings. The monoisotopic (exact) mass is 372 g/mol. The fraction of sp³-hybridized carbons (Fsp3) is 0.357. The Labute approximate surface area is 146 Å². The summed E-state index contributed by atoms with van der Waals surface area (Å²) >= 11 is 13.3. The molecule has 2 N–H and O–H groups in total. The van der Waals surface area contributed by atoms with Crippen LogP contribution in [0.2, 0.25) is 10.0 Å². The second-order valence-corrected chi connectivity index (χ2v) is 7.38. The molecule has 1 aromatic heterocycles. The summed E-state index contributed by atoms with van der Waals surface area (Å²) in [5, 5.41) is 9.95. The van der Waals surface area contributed by atoms with Crippen LogP contribution in [0.1, 0.15) is 25.8 Å². The van der Waals surface area contributed by atoms with Gasteiger partial charge in [-0.1, -0.05) is 41.0 Å². The normalized spacial score (nSPS) is 15.4. The Balaban J connectivity index is 1.72. The fourth-order valence-corrected chi connectivity index (χ4v) is 3.50. The Morgan fingerprint density at radius 2 is 2.09 bits per heavy atom. The van der Waals surface area contributed by atoms with Crippen LogP contribution in [0.3, 0.4) is 0 Å². The predicted octanol–water partition coefficient (Wildman–Crippen LogP) is 3.33. The Morgan fingerprint density at radius 3 is 2.70 bits per heavy atom. The summed E-state index contributed by atoms with van der Waals surface area (Å²) in [6.45, 7) is 1.74. The highest BCUT2D eigenvalue weighted by atomic mass is 35.5. The first-order chi connectivity index (χ1) is 11.0. The zero-order chi connectivity index (χ0) is 16.6. The van der Waals surface area contributed by atoms with Crippen LogP contribution in [-0.4, -0.2) is 25.9 Å². The van der Waals surface area contributed by atoms with Crippen molar-refractivity contribution in [1.82, 2.24) is 14.8 Å². The quantitative estimate of drug-likeness (QED) is 0.788. The van der Waals surface area contributed by atoms with Crippen LogP contribution in [0.15, 0.2) is 28.2 Å². The molecule has 1 saturated carbocycles. The van der Waals surface area contributed by atoms with E-state index in [1.807, 2.05) is 0 Å². The third-order valence-electron chi connectivity index (χ3n) is 3.45. The minimum absolute atomic E-state index is 0.192. The SMILES string of the molecule is C[C@@H](Sc1n[nH]c(=O)n1C1CC1)C(=O)Nc1c(Cl)cccc1Cl. The number of aromatic nitrogens is 3. The number of halogens is 2. The molecule has 1 atom stereocenters. The first-order valence-electron chi connectivity index (χ1n) is 7.06. The largest absolute Gasteiger partial charge is 0.344 e. The van der Waals surface area contributed by atoms with Crippen molar-refractivity contribution in [1.29, 1.82) is 0 Å². The van der Waals surface area contributed by atoms with Crippen molar-refractivity contribution >= 4 is 46.6 Å². The van der Waals surface area contributed by atoms with Crippen molar-refractivity contribution in [3.8, 4) is 0 Å². The molecule has 0 unspecified atom stereocenters. The van der Waals surface area contributed by atoms with E-state index < -0.39 is 5.25 Å². The van der Waals surface area contributed by atoms with Gasteiger partial charge in [0.1, 0.15) is 0 Å². The van der Waals surface area contributed by atoms with Gasteiger partial charge in [0.2, 0.25) is 5.91 Å². The second kappa shape index (κ2) is 6.59. The van der Waals surface area contributed by atoms with Gasteiger partial charge in [-0.05, 0) is 31.9 Å². The molecular weight excluding hydrogens is 359 g/mol. The van der Waals surface area contributed by atoms with E-state index in [0.717, 1.165) is 12.8 Å². The van der Waals surface area contributed by atoms with E-state index in [-0.39, 0.29) is 17.6 Å². The van der Waals surface area contributed by atoms with Crippen LogP contribution in [0.4, 0.5) is 5.69 Å². The molecule has 1 aromatic carbocycles. The maximum Gasteiger partial charge on any atom is 0.344 e. The third kappa shape index (κ3) is 3.57. The summed E-state index contributed by atoms with van der Waals surface area (Å²) in [7, 11) is 0. The van der Waals surface area contributed by atoms with E-state index in [9.17, 15) is 9.59 Å². The van der Waals surface area contributed by atoms with E-state index in [2.05, 4.69) is 15.5 Å². The predicted molar refractivity (Wildman–Crippen MR) is 91.5 cm³/mol. The van der Waals surface area contributed by atoms with E-state index in [0.29, 0.717) is 20.9 Å². The lowest BCUT2D eigenvalue weighted by Crippen LogP contribution is -2.24. The van der Waals surface area contributed by atoms with E-state index in [1.165, 1.54) is 11.8 Å². The molecule has 1 heterocycles. The second-order valence-electron chi connectivity index (χ2n) is 5.26. The molecule has 122 valence electrons. The maximum atomic E-state index is 12.4. The van der Waals surface area contributed by atoms with Crippen LogP contribution in [0.5, 0.6) is 0 Å². The number of para-hydroxylation sites is 1. The van der Waals surface area contributed by atoms with Crippen molar-refractivity contribution in [2.45, 2.75) is 36.2 Å². The molecule has 9 heteroatoms. The Kier molecular flexibility index (Phi) is 4.70. The molecule has 1 aliphatic rings. The fourth-order valence-electron chi connectivity index (χ4n) is 2.08. The average molecular weight is 373 g/mol. The lowest BCUT2D eigenvalue weighted by molar-refractivity contribution is -0.115. The van der Waals surface area contributed by atoms with Crippen LogP contribution in [-0.2, 0) is 4.79 Å². The van der Waals surface area contributed by atoms with Gasteiger partial charge < -0.3 is 5.32 Å². The molecule has 0 aliphatic heterocycles. The minimum Gasteiger partial charge on any atom is -0.323 e. The standard InChI is InChI=1S/C14H14Cl2N4O2S/c1-7(12(21)17-11-9(15)3-2-4-10(11)16)23-14-19-18-13(22)20(14)8-5-6-8/h2-4,7-8H,5-6H2,1H3,(H,17,21)(H,18,22)/t7-/m1/s1. The number of carbonyl (C=O) groups excluding carboxylic acids is 1. The lowest BCUT2D eigenvalue weighted by atomic mass is 10.3. The van der Waals surface area contributed by atoms with E-state index in [1.54, 1.807) is 29.7 Å². The van der Waals surface area contributed by atoms with Gasteiger partial charge in [-0.3, -0.25) is 9.36 Å². The summed E-state index contributed by atoms with van der Waals surface area (Å²) in [4.78, 5) is 24.1. The highest BCUT2D eigenvalue weighted by Gasteiger charge is 2.30. The van der Waals surface area contributed by atoms with Crippen molar-refractivity contribution in [3.05, 3.63) is 38.7 Å². The number of hydrogen-bond acceptors (Lipinski definition) is 4. The number of rotatable bonds is 5. The number of hydrogen-bond donors (Lipinski definition) is 2. The topological polar surface area (TPSA) is 79.8 Å². The summed E-state index contributed by atoms with van der Waals surface area (Å²) in [6.07, 6.45) is 1.92. The van der Waals surface area contributed by atoms with Crippen LogP contribution in [0, 0.1) is 0 Å². The highest BCUT2D eigenvalue weighted by molar-refractivity contribution is 8.00. The van der Waals surface area contributed by atoms with Gasteiger partial charge in [-0.15, -0.1) is 5.10 Å². The number of amides is 1. The smallest absolute Gasteiger partial charge is 0.323 e. The highest BCUT2D eigenvalue weighted by Crippen LogP contribution is 2.37. The maximum absolute atomic E-state index is 12.4. The van der Waals surface area contributed by atoms with Gasteiger partial charge in [0.05, 0.1) is 21.0 Å². The zero-order valence-corrected chi connectivity index (χ0v) is 14.5. The number of aromatic amines is 1. The molecule has 2 aromatic rings. The van der Waals surface area contributed by atoms with E-state index in [4.69, 9.17) is 23.2 Å². The van der Waals surface area contributed by atoms with Crippen LogP contribution < -0.4 is 11.0 Å². The number of H-pyrrole nitrogens is 1. The molecule has 23 heavy (non-hydrogen) atoms. The lowest BCUT2D eigenvalue weighted by Gasteiger charge is -2.13. The number of carbonyl (C=O) groups is 1. The zero-order valence-electron chi connectivity index (χ0n) is 12.2. The van der Waals surface area contributed by atoms with Crippen molar-refractivity contribution < 1.29 is 4.79 Å². The molecule has 1 aliphatic carbocycles. The molecule has 0 bridgehead atoms. The van der Waals surface area contributed by atoms with Crippen molar-refractivity contribution in [2.24, 2.45) is 0 Å². The van der Waals surface area contributed by atoms with Gasteiger partial charge in [0.15, 0.2) is 5.16 Å². The number of benzene rings is 1. The first kappa shape index (κ1) is 16.4. The van der Waals surface area contributed by atoms with Gasteiger partial charge in [0, 0.05) is 6.04 Å². The Hall–Kier alpha value is -1.44. The number of thioether (sulfide) groups is 1. The summed E-state index contributed by atoms with van der Waals surface area (Å²) in [5.74, 6) is -0.261. The molecule has 0 saturated heterocycles. The minimum atomic E-state index is -0.463. The summed E-state index contributed by atoms with van der Waals surface area (Å²) < 4.78 is 1.61.